The molecule has 0 aliphatic carbocycles. The normalized spacial score (nSPS) is 16.1. The first-order chi connectivity index (χ1) is 13.9. The largest absolute Gasteiger partial charge is 0.325 e. The van der Waals surface area contributed by atoms with Crippen LogP contribution in [0.4, 0.5) is 4.79 Å². The SMILES string of the molecule is CN1CCC(N(C)C(=O)NC(C#N)c2ccc(-c3cncnc3)c(Cl)c2Cl)CC1. The molecule has 0 saturated carbocycles. The van der Waals surface area contributed by atoms with E-state index < -0.39 is 6.04 Å². The molecule has 2 aromatic rings. The van der Waals surface area contributed by atoms with Crippen LogP contribution in [-0.2, 0) is 0 Å². The Morgan fingerprint density at radius 1 is 1.28 bits per heavy atom. The highest BCUT2D eigenvalue weighted by atomic mass is 35.5. The molecule has 1 aromatic heterocycles. The Labute approximate surface area is 180 Å². The van der Waals surface area contributed by atoms with E-state index in [0.29, 0.717) is 16.7 Å². The highest BCUT2D eigenvalue weighted by molar-refractivity contribution is 6.44. The van der Waals surface area contributed by atoms with Crippen molar-refractivity contribution < 1.29 is 4.79 Å². The smallest absolute Gasteiger partial charge is 0.318 e. The van der Waals surface area contributed by atoms with E-state index in [9.17, 15) is 10.1 Å². The Bertz CT molecular complexity index is 909. The molecule has 9 heteroatoms. The molecule has 0 radical (unpaired) electrons. The molecular formula is C20H22Cl2N6O. The number of carbonyl (C=O) groups is 1. The number of aromatic nitrogens is 2. The van der Waals surface area contributed by atoms with Crippen LogP contribution >= 0.6 is 23.2 Å². The molecular weight excluding hydrogens is 411 g/mol. The molecule has 1 aliphatic rings. The first-order valence-electron chi connectivity index (χ1n) is 9.27. The predicted octanol–water partition coefficient (Wildman–Crippen LogP) is 3.75. The van der Waals surface area contributed by atoms with Gasteiger partial charge in [-0.2, -0.15) is 5.26 Å². The van der Waals surface area contributed by atoms with Gasteiger partial charge >= 0.3 is 6.03 Å². The van der Waals surface area contributed by atoms with Gasteiger partial charge in [-0.25, -0.2) is 14.8 Å². The molecule has 1 saturated heterocycles. The number of hydrogen-bond donors (Lipinski definition) is 1. The van der Waals surface area contributed by atoms with Gasteiger partial charge in [0.1, 0.15) is 12.4 Å². The van der Waals surface area contributed by atoms with Crippen LogP contribution in [-0.4, -0.2) is 59.0 Å². The van der Waals surface area contributed by atoms with Gasteiger partial charge in [-0.3, -0.25) is 0 Å². The number of likely N-dealkylation sites (tertiary alicyclic amines) is 1. The molecule has 1 fully saturated rings. The lowest BCUT2D eigenvalue weighted by Crippen LogP contribution is -2.48. The quantitative estimate of drug-likeness (QED) is 0.794. The molecule has 1 N–H and O–H groups in total. The highest BCUT2D eigenvalue weighted by Gasteiger charge is 2.27. The molecule has 29 heavy (non-hydrogen) atoms. The maximum Gasteiger partial charge on any atom is 0.318 e. The zero-order valence-corrected chi connectivity index (χ0v) is 17.8. The van der Waals surface area contributed by atoms with Gasteiger partial charge < -0.3 is 15.1 Å². The summed E-state index contributed by atoms with van der Waals surface area (Å²) in [5, 5.41) is 12.9. The molecule has 0 bridgehead atoms. The topological polar surface area (TPSA) is 85.1 Å². The number of rotatable bonds is 4. The van der Waals surface area contributed by atoms with Gasteiger partial charge in [-0.1, -0.05) is 35.3 Å². The lowest BCUT2D eigenvalue weighted by molar-refractivity contribution is 0.147. The fourth-order valence-electron chi connectivity index (χ4n) is 3.40. The monoisotopic (exact) mass is 432 g/mol. The van der Waals surface area contributed by atoms with Gasteiger partial charge in [0.05, 0.1) is 16.1 Å². The molecule has 7 nitrogen and oxygen atoms in total. The van der Waals surface area contributed by atoms with E-state index in [1.165, 1.54) is 6.33 Å². The van der Waals surface area contributed by atoms with Crippen LogP contribution in [0, 0.1) is 11.3 Å². The Kier molecular flexibility index (Phi) is 6.91. The second-order valence-corrected chi connectivity index (χ2v) is 7.87. The fraction of sp³-hybridized carbons (Fsp3) is 0.400. The van der Waals surface area contributed by atoms with Crippen LogP contribution in [0.3, 0.4) is 0 Å². The van der Waals surface area contributed by atoms with Crippen molar-refractivity contribution in [2.75, 3.05) is 27.2 Å². The maximum absolute atomic E-state index is 12.7. The molecule has 152 valence electrons. The number of urea groups is 1. The molecule has 2 amide bonds. The Balaban J connectivity index is 1.77. The summed E-state index contributed by atoms with van der Waals surface area (Å²) in [7, 11) is 3.83. The molecule has 3 rings (SSSR count). The number of nitriles is 1. The van der Waals surface area contributed by atoms with Gasteiger partial charge in [-0.15, -0.1) is 0 Å². The Morgan fingerprint density at radius 3 is 2.55 bits per heavy atom. The van der Waals surface area contributed by atoms with Crippen molar-refractivity contribution in [2.45, 2.75) is 24.9 Å². The van der Waals surface area contributed by atoms with Gasteiger partial charge in [0.2, 0.25) is 0 Å². The van der Waals surface area contributed by atoms with Crippen LogP contribution in [0.1, 0.15) is 24.4 Å². The van der Waals surface area contributed by atoms with Gasteiger partial charge in [0, 0.05) is 42.2 Å². The summed E-state index contributed by atoms with van der Waals surface area (Å²) in [6, 6.07) is 4.47. The number of piperidine rings is 1. The Morgan fingerprint density at radius 2 is 1.93 bits per heavy atom. The van der Waals surface area contributed by atoms with Gasteiger partial charge in [-0.05, 0) is 33.0 Å². The lowest BCUT2D eigenvalue weighted by atomic mass is 10.0. The third kappa shape index (κ3) is 4.78. The van der Waals surface area contributed by atoms with Crippen molar-refractivity contribution >= 4 is 29.2 Å². The van der Waals surface area contributed by atoms with E-state index in [0.717, 1.165) is 25.9 Å². The van der Waals surface area contributed by atoms with Gasteiger partial charge in [0.25, 0.3) is 0 Å². The summed E-state index contributed by atoms with van der Waals surface area (Å²) in [5.41, 5.74) is 1.82. The van der Waals surface area contributed by atoms with Crippen LogP contribution < -0.4 is 5.32 Å². The average molecular weight is 433 g/mol. The van der Waals surface area contributed by atoms with E-state index in [4.69, 9.17) is 23.2 Å². The van der Waals surface area contributed by atoms with Crippen LogP contribution in [0.5, 0.6) is 0 Å². The van der Waals surface area contributed by atoms with Crippen molar-refractivity contribution in [3.05, 3.63) is 46.5 Å². The standard InChI is InChI=1S/C20H22Cl2N6O/c1-27-7-5-14(6-8-27)28(2)20(29)26-17(9-23)16-4-3-15(18(21)19(16)22)13-10-24-12-25-11-13/h3-4,10-12,14,17H,5-8H2,1-2H3,(H,26,29). The summed E-state index contributed by atoms with van der Waals surface area (Å²) in [6.45, 7) is 1.88. The van der Waals surface area contributed by atoms with Gasteiger partial charge in [0.15, 0.2) is 0 Å². The number of nitrogens with zero attached hydrogens (tertiary/aromatic N) is 5. The fourth-order valence-corrected chi connectivity index (χ4v) is 3.96. The third-order valence-corrected chi connectivity index (χ3v) is 6.14. The predicted molar refractivity (Wildman–Crippen MR) is 113 cm³/mol. The van der Waals surface area contributed by atoms with Crippen LogP contribution in [0.2, 0.25) is 10.0 Å². The number of carbonyl (C=O) groups excluding carboxylic acids is 1. The minimum Gasteiger partial charge on any atom is -0.325 e. The summed E-state index contributed by atoms with van der Waals surface area (Å²) in [6.07, 6.45) is 6.49. The zero-order chi connectivity index (χ0) is 21.0. The second kappa shape index (κ2) is 9.40. The van der Waals surface area contributed by atoms with Crippen molar-refractivity contribution in [1.29, 1.82) is 5.26 Å². The molecule has 1 unspecified atom stereocenters. The van der Waals surface area contributed by atoms with E-state index >= 15 is 0 Å². The zero-order valence-electron chi connectivity index (χ0n) is 16.3. The van der Waals surface area contributed by atoms with Crippen molar-refractivity contribution in [2.24, 2.45) is 0 Å². The minimum absolute atomic E-state index is 0.144. The lowest BCUT2D eigenvalue weighted by Gasteiger charge is -2.35. The summed E-state index contributed by atoms with van der Waals surface area (Å²) in [5.74, 6) is 0. The van der Waals surface area contributed by atoms with E-state index in [1.807, 2.05) is 0 Å². The van der Waals surface area contributed by atoms with Crippen molar-refractivity contribution in [1.82, 2.24) is 25.1 Å². The van der Waals surface area contributed by atoms with Crippen molar-refractivity contribution in [3.8, 4) is 17.2 Å². The summed E-state index contributed by atoms with van der Waals surface area (Å²) in [4.78, 5) is 24.6. The molecule has 1 atom stereocenters. The average Bonchev–Trinajstić information content (AvgIpc) is 2.74. The van der Waals surface area contributed by atoms with E-state index in [2.05, 4.69) is 33.3 Å². The molecule has 1 aromatic carbocycles. The number of benzene rings is 1. The third-order valence-electron chi connectivity index (χ3n) is 5.25. The van der Waals surface area contributed by atoms with E-state index in [-0.39, 0.29) is 22.1 Å². The number of hydrogen-bond acceptors (Lipinski definition) is 5. The minimum atomic E-state index is -0.915. The van der Waals surface area contributed by atoms with Crippen LogP contribution in [0.15, 0.2) is 30.9 Å². The first-order valence-corrected chi connectivity index (χ1v) is 10.0. The summed E-state index contributed by atoms with van der Waals surface area (Å²) >= 11 is 12.9. The number of nitrogens with one attached hydrogen (secondary N) is 1. The number of amides is 2. The maximum atomic E-state index is 12.7. The van der Waals surface area contributed by atoms with E-state index in [1.54, 1.807) is 36.5 Å². The van der Waals surface area contributed by atoms with Crippen LogP contribution in [0.25, 0.3) is 11.1 Å². The molecule has 2 heterocycles. The first kappa shape index (κ1) is 21.3. The summed E-state index contributed by atoms with van der Waals surface area (Å²) < 4.78 is 0. The van der Waals surface area contributed by atoms with Crippen molar-refractivity contribution in [3.63, 3.8) is 0 Å². The Hall–Kier alpha value is -2.40. The highest BCUT2D eigenvalue weighted by Crippen LogP contribution is 2.37. The molecule has 0 spiro atoms. The molecule has 1 aliphatic heterocycles. The second-order valence-electron chi connectivity index (χ2n) is 7.11. The number of halogens is 2.